The summed E-state index contributed by atoms with van der Waals surface area (Å²) >= 11 is 1.47. The molecule has 0 aliphatic carbocycles. The number of rotatable bonds is 4. The molecule has 1 unspecified atom stereocenters. The van der Waals surface area contributed by atoms with Gasteiger partial charge in [-0.25, -0.2) is 0 Å². The average molecular weight is 331 g/mol. The van der Waals surface area contributed by atoms with Crippen molar-refractivity contribution in [2.24, 2.45) is 5.92 Å². The first-order valence-corrected chi connectivity index (χ1v) is 8.78. The number of aromatic amines is 1. The molecule has 0 aromatic carbocycles. The van der Waals surface area contributed by atoms with Crippen LogP contribution in [-0.4, -0.2) is 41.3 Å². The SMILES string of the molecule is Cc1ccsc1C(=O)NCC1CCCN(C(=O)c2ccc[nH]2)C1. The van der Waals surface area contributed by atoms with Gasteiger partial charge < -0.3 is 15.2 Å². The second-order valence-corrected chi connectivity index (χ2v) is 6.90. The van der Waals surface area contributed by atoms with Crippen LogP contribution in [0.4, 0.5) is 0 Å². The first-order chi connectivity index (χ1) is 11.1. The number of likely N-dealkylation sites (tertiary alicyclic amines) is 1. The number of aromatic nitrogens is 1. The summed E-state index contributed by atoms with van der Waals surface area (Å²) in [6.07, 6.45) is 3.78. The monoisotopic (exact) mass is 331 g/mol. The molecule has 122 valence electrons. The number of piperidine rings is 1. The molecule has 0 spiro atoms. The Labute approximate surface area is 139 Å². The summed E-state index contributed by atoms with van der Waals surface area (Å²) in [5, 5.41) is 4.95. The van der Waals surface area contributed by atoms with Crippen LogP contribution >= 0.6 is 11.3 Å². The van der Waals surface area contributed by atoms with Gasteiger partial charge in [-0.15, -0.1) is 11.3 Å². The number of hydrogen-bond acceptors (Lipinski definition) is 3. The molecule has 2 N–H and O–H groups in total. The Bertz CT molecular complexity index is 678. The molecule has 2 aromatic heterocycles. The van der Waals surface area contributed by atoms with Gasteiger partial charge in [0.15, 0.2) is 0 Å². The van der Waals surface area contributed by atoms with E-state index in [1.165, 1.54) is 11.3 Å². The molecule has 0 saturated carbocycles. The van der Waals surface area contributed by atoms with Crippen molar-refractivity contribution >= 4 is 23.2 Å². The summed E-state index contributed by atoms with van der Waals surface area (Å²) in [6, 6.07) is 5.59. The minimum atomic E-state index is -0.00896. The third kappa shape index (κ3) is 3.64. The fraction of sp³-hybridized carbons (Fsp3) is 0.412. The molecule has 1 atom stereocenters. The van der Waals surface area contributed by atoms with Gasteiger partial charge in [0.1, 0.15) is 5.69 Å². The highest BCUT2D eigenvalue weighted by molar-refractivity contribution is 7.12. The highest BCUT2D eigenvalue weighted by atomic mass is 32.1. The molecule has 1 saturated heterocycles. The number of nitrogens with one attached hydrogen (secondary N) is 2. The smallest absolute Gasteiger partial charge is 0.270 e. The molecule has 0 radical (unpaired) electrons. The van der Waals surface area contributed by atoms with Crippen LogP contribution in [0.5, 0.6) is 0 Å². The summed E-state index contributed by atoms with van der Waals surface area (Å²) in [5.74, 6) is 0.345. The van der Waals surface area contributed by atoms with Crippen molar-refractivity contribution in [2.75, 3.05) is 19.6 Å². The molecule has 2 amide bonds. The van der Waals surface area contributed by atoms with Crippen molar-refractivity contribution < 1.29 is 9.59 Å². The number of carbonyl (C=O) groups is 2. The van der Waals surface area contributed by atoms with Crippen LogP contribution in [0.1, 0.15) is 38.6 Å². The second-order valence-electron chi connectivity index (χ2n) is 5.99. The maximum Gasteiger partial charge on any atom is 0.270 e. The van der Waals surface area contributed by atoms with E-state index in [4.69, 9.17) is 0 Å². The van der Waals surface area contributed by atoms with E-state index in [0.717, 1.165) is 29.8 Å². The number of aryl methyl sites for hydroxylation is 1. The highest BCUT2D eigenvalue weighted by Gasteiger charge is 2.25. The van der Waals surface area contributed by atoms with Gasteiger partial charge in [0.05, 0.1) is 4.88 Å². The first-order valence-electron chi connectivity index (χ1n) is 7.90. The lowest BCUT2D eigenvalue weighted by atomic mass is 9.97. The zero-order chi connectivity index (χ0) is 16.2. The summed E-state index contributed by atoms with van der Waals surface area (Å²) in [7, 11) is 0. The van der Waals surface area contributed by atoms with Crippen LogP contribution in [0.25, 0.3) is 0 Å². The molecule has 3 heterocycles. The van der Waals surface area contributed by atoms with Gasteiger partial charge in [-0.1, -0.05) is 0 Å². The van der Waals surface area contributed by atoms with E-state index in [1.807, 2.05) is 29.3 Å². The number of nitrogens with zero attached hydrogens (tertiary/aromatic N) is 1. The summed E-state index contributed by atoms with van der Waals surface area (Å²) in [6.45, 7) is 4.04. The van der Waals surface area contributed by atoms with Crippen LogP contribution in [0.3, 0.4) is 0 Å². The molecular weight excluding hydrogens is 310 g/mol. The lowest BCUT2D eigenvalue weighted by molar-refractivity contribution is 0.0666. The van der Waals surface area contributed by atoms with E-state index in [0.29, 0.717) is 24.7 Å². The average Bonchev–Trinajstić information content (AvgIpc) is 3.23. The number of amides is 2. The Hall–Kier alpha value is -2.08. The van der Waals surface area contributed by atoms with Gasteiger partial charge in [0.2, 0.25) is 0 Å². The van der Waals surface area contributed by atoms with Gasteiger partial charge in [-0.3, -0.25) is 9.59 Å². The molecule has 1 aliphatic rings. The summed E-state index contributed by atoms with van der Waals surface area (Å²) in [4.78, 5) is 30.2. The fourth-order valence-corrected chi connectivity index (χ4v) is 3.81. The Balaban J connectivity index is 1.54. The first kappa shape index (κ1) is 15.8. The second kappa shape index (κ2) is 7.00. The predicted molar refractivity (Wildman–Crippen MR) is 90.8 cm³/mol. The van der Waals surface area contributed by atoms with Crippen LogP contribution in [0, 0.1) is 12.8 Å². The molecule has 1 aliphatic heterocycles. The van der Waals surface area contributed by atoms with Crippen LogP contribution in [-0.2, 0) is 0 Å². The topological polar surface area (TPSA) is 65.2 Å². The predicted octanol–water partition coefficient (Wildman–Crippen LogP) is 2.67. The Kier molecular flexibility index (Phi) is 4.81. The van der Waals surface area contributed by atoms with Gasteiger partial charge in [0, 0.05) is 25.8 Å². The molecule has 6 heteroatoms. The zero-order valence-electron chi connectivity index (χ0n) is 13.2. The van der Waals surface area contributed by atoms with E-state index < -0.39 is 0 Å². The molecule has 5 nitrogen and oxygen atoms in total. The lowest BCUT2D eigenvalue weighted by Crippen LogP contribution is -2.43. The standard InChI is InChI=1S/C17H21N3O2S/c1-12-6-9-23-15(12)16(21)19-10-13-4-3-8-20(11-13)17(22)14-5-2-7-18-14/h2,5-7,9,13,18H,3-4,8,10-11H2,1H3,(H,19,21). The van der Waals surface area contributed by atoms with Crippen molar-refractivity contribution in [3.63, 3.8) is 0 Å². The maximum absolute atomic E-state index is 12.4. The third-order valence-corrected chi connectivity index (χ3v) is 5.27. The Morgan fingerprint density at radius 1 is 1.43 bits per heavy atom. The van der Waals surface area contributed by atoms with Crippen molar-refractivity contribution in [1.29, 1.82) is 0 Å². The van der Waals surface area contributed by atoms with Crippen LogP contribution in [0.15, 0.2) is 29.8 Å². The van der Waals surface area contributed by atoms with Crippen molar-refractivity contribution in [1.82, 2.24) is 15.2 Å². The molecular formula is C17H21N3O2S. The van der Waals surface area contributed by atoms with Crippen molar-refractivity contribution in [3.8, 4) is 0 Å². The van der Waals surface area contributed by atoms with Crippen molar-refractivity contribution in [3.05, 3.63) is 45.9 Å². The molecule has 2 aromatic rings. The number of carbonyl (C=O) groups excluding carboxylic acids is 2. The third-order valence-electron chi connectivity index (χ3n) is 4.25. The number of hydrogen-bond donors (Lipinski definition) is 2. The number of thiophene rings is 1. The van der Waals surface area contributed by atoms with E-state index in [-0.39, 0.29) is 11.8 Å². The van der Waals surface area contributed by atoms with Gasteiger partial charge in [-0.05, 0) is 54.8 Å². The van der Waals surface area contributed by atoms with E-state index in [2.05, 4.69) is 10.3 Å². The highest BCUT2D eigenvalue weighted by Crippen LogP contribution is 2.19. The van der Waals surface area contributed by atoms with E-state index in [9.17, 15) is 9.59 Å². The zero-order valence-corrected chi connectivity index (χ0v) is 14.0. The maximum atomic E-state index is 12.4. The molecule has 3 rings (SSSR count). The van der Waals surface area contributed by atoms with Gasteiger partial charge in [-0.2, -0.15) is 0 Å². The van der Waals surface area contributed by atoms with Crippen molar-refractivity contribution in [2.45, 2.75) is 19.8 Å². The van der Waals surface area contributed by atoms with Crippen LogP contribution < -0.4 is 5.32 Å². The van der Waals surface area contributed by atoms with E-state index in [1.54, 1.807) is 12.3 Å². The van der Waals surface area contributed by atoms with Crippen LogP contribution in [0.2, 0.25) is 0 Å². The number of H-pyrrole nitrogens is 1. The molecule has 23 heavy (non-hydrogen) atoms. The Morgan fingerprint density at radius 2 is 2.30 bits per heavy atom. The quantitative estimate of drug-likeness (QED) is 0.904. The lowest BCUT2D eigenvalue weighted by Gasteiger charge is -2.32. The summed E-state index contributed by atoms with van der Waals surface area (Å²) < 4.78 is 0. The fourth-order valence-electron chi connectivity index (χ4n) is 2.97. The normalized spacial score (nSPS) is 18.0. The molecule has 1 fully saturated rings. The van der Waals surface area contributed by atoms with Gasteiger partial charge >= 0.3 is 0 Å². The largest absolute Gasteiger partial charge is 0.357 e. The van der Waals surface area contributed by atoms with Gasteiger partial charge in [0.25, 0.3) is 11.8 Å². The summed E-state index contributed by atoms with van der Waals surface area (Å²) in [5.41, 5.74) is 1.64. The minimum Gasteiger partial charge on any atom is -0.357 e. The van der Waals surface area contributed by atoms with E-state index >= 15 is 0 Å². The minimum absolute atomic E-state index is 0.00896. The molecule has 0 bridgehead atoms. The Morgan fingerprint density at radius 3 is 3.00 bits per heavy atom.